The summed E-state index contributed by atoms with van der Waals surface area (Å²) in [5.41, 5.74) is 2.57. The second kappa shape index (κ2) is 9.33. The number of hydrogen-bond acceptors (Lipinski definition) is 5. The van der Waals surface area contributed by atoms with Gasteiger partial charge in [0, 0.05) is 36.6 Å². The first-order chi connectivity index (χ1) is 10.4. The number of nitrogens with zero attached hydrogens (tertiary/aromatic N) is 4. The minimum atomic E-state index is 0.243. The molecule has 0 atom stereocenters. The van der Waals surface area contributed by atoms with Crippen molar-refractivity contribution < 1.29 is 5.11 Å². The molecule has 122 valence electrons. The number of aryl methyl sites for hydroxylation is 1. The fourth-order valence-electron chi connectivity index (χ4n) is 1.87. The SMILES string of the molecule is Cc1cc(C=NCCN(C)C)c(O)c(C=NCCN(C)C)c1. The molecule has 0 saturated carbocycles. The van der Waals surface area contributed by atoms with Crippen molar-refractivity contribution in [1.29, 1.82) is 0 Å². The van der Waals surface area contributed by atoms with Crippen molar-refractivity contribution in [3.8, 4) is 5.75 Å². The minimum Gasteiger partial charge on any atom is -0.507 e. The largest absolute Gasteiger partial charge is 0.507 e. The number of aromatic hydroxyl groups is 1. The minimum absolute atomic E-state index is 0.243. The van der Waals surface area contributed by atoms with Gasteiger partial charge in [-0.2, -0.15) is 0 Å². The van der Waals surface area contributed by atoms with Crippen LogP contribution in [-0.2, 0) is 0 Å². The molecule has 0 amide bonds. The van der Waals surface area contributed by atoms with Crippen LogP contribution >= 0.6 is 0 Å². The van der Waals surface area contributed by atoms with E-state index < -0.39 is 0 Å². The second-order valence-corrected chi connectivity index (χ2v) is 5.97. The molecule has 0 aliphatic carbocycles. The maximum atomic E-state index is 10.3. The van der Waals surface area contributed by atoms with E-state index in [0.717, 1.165) is 29.8 Å². The number of likely N-dealkylation sites (N-methyl/N-ethyl adjacent to an activating group) is 2. The molecule has 1 rings (SSSR count). The predicted molar refractivity (Wildman–Crippen MR) is 94.9 cm³/mol. The molecule has 1 aromatic rings. The Labute approximate surface area is 134 Å². The first-order valence-corrected chi connectivity index (χ1v) is 7.53. The summed E-state index contributed by atoms with van der Waals surface area (Å²) in [6, 6.07) is 3.87. The third-order valence-corrected chi connectivity index (χ3v) is 3.13. The maximum absolute atomic E-state index is 10.3. The molecule has 0 bridgehead atoms. The van der Waals surface area contributed by atoms with Crippen molar-refractivity contribution >= 4 is 12.4 Å². The van der Waals surface area contributed by atoms with Crippen molar-refractivity contribution in [3.63, 3.8) is 0 Å². The van der Waals surface area contributed by atoms with E-state index in [0.29, 0.717) is 13.1 Å². The third kappa shape index (κ3) is 6.83. The zero-order valence-corrected chi connectivity index (χ0v) is 14.4. The quantitative estimate of drug-likeness (QED) is 0.743. The van der Waals surface area contributed by atoms with Gasteiger partial charge in [0.05, 0.1) is 13.1 Å². The summed E-state index contributed by atoms with van der Waals surface area (Å²) in [5, 5.41) is 10.3. The molecule has 5 nitrogen and oxygen atoms in total. The highest BCUT2D eigenvalue weighted by Gasteiger charge is 2.05. The Bertz CT molecular complexity index is 478. The van der Waals surface area contributed by atoms with E-state index in [1.165, 1.54) is 0 Å². The molecule has 0 saturated heterocycles. The summed E-state index contributed by atoms with van der Waals surface area (Å²) >= 11 is 0. The van der Waals surface area contributed by atoms with Crippen LogP contribution in [0.25, 0.3) is 0 Å². The summed E-state index contributed by atoms with van der Waals surface area (Å²) in [6.07, 6.45) is 3.48. The van der Waals surface area contributed by atoms with E-state index in [2.05, 4.69) is 19.8 Å². The first-order valence-electron chi connectivity index (χ1n) is 7.53. The molecule has 0 unspecified atom stereocenters. The van der Waals surface area contributed by atoms with Gasteiger partial charge in [-0.15, -0.1) is 0 Å². The van der Waals surface area contributed by atoms with Gasteiger partial charge in [0.25, 0.3) is 0 Å². The lowest BCUT2D eigenvalue weighted by Crippen LogP contribution is -2.15. The van der Waals surface area contributed by atoms with Gasteiger partial charge < -0.3 is 14.9 Å². The Kier molecular flexibility index (Phi) is 7.77. The van der Waals surface area contributed by atoms with Crippen LogP contribution in [0.1, 0.15) is 16.7 Å². The highest BCUT2D eigenvalue weighted by Crippen LogP contribution is 2.21. The molecule has 1 aromatic carbocycles. The Morgan fingerprint density at radius 3 is 1.68 bits per heavy atom. The zero-order chi connectivity index (χ0) is 16.5. The van der Waals surface area contributed by atoms with Crippen molar-refractivity contribution in [1.82, 2.24) is 9.80 Å². The molecule has 22 heavy (non-hydrogen) atoms. The first kappa shape index (κ1) is 18.3. The molecule has 0 heterocycles. The van der Waals surface area contributed by atoms with Crippen LogP contribution in [0.4, 0.5) is 0 Å². The molecular weight excluding hydrogens is 276 g/mol. The highest BCUT2D eigenvalue weighted by atomic mass is 16.3. The normalized spacial score (nSPS) is 12.3. The molecule has 0 radical (unpaired) electrons. The summed E-state index contributed by atoms with van der Waals surface area (Å²) in [5.74, 6) is 0.243. The number of aliphatic imine (C=N–C) groups is 2. The lowest BCUT2D eigenvalue weighted by molar-refractivity contribution is 0.420. The van der Waals surface area contributed by atoms with Crippen molar-refractivity contribution in [3.05, 3.63) is 28.8 Å². The Morgan fingerprint density at radius 1 is 0.909 bits per heavy atom. The summed E-state index contributed by atoms with van der Waals surface area (Å²) in [4.78, 5) is 12.9. The highest BCUT2D eigenvalue weighted by molar-refractivity contribution is 5.92. The number of hydrogen-bond donors (Lipinski definition) is 1. The molecular formula is C17H28N4O. The lowest BCUT2D eigenvalue weighted by Gasteiger charge is -2.08. The molecule has 0 aliphatic heterocycles. The van der Waals surface area contributed by atoms with E-state index in [4.69, 9.17) is 0 Å². The van der Waals surface area contributed by atoms with Crippen molar-refractivity contribution in [2.75, 3.05) is 54.4 Å². The van der Waals surface area contributed by atoms with Gasteiger partial charge in [-0.05, 0) is 52.8 Å². The van der Waals surface area contributed by atoms with E-state index in [1.807, 2.05) is 47.2 Å². The Hall–Kier alpha value is -1.72. The smallest absolute Gasteiger partial charge is 0.133 e. The Morgan fingerprint density at radius 2 is 1.32 bits per heavy atom. The van der Waals surface area contributed by atoms with E-state index in [-0.39, 0.29) is 5.75 Å². The van der Waals surface area contributed by atoms with Crippen LogP contribution in [0.3, 0.4) is 0 Å². The zero-order valence-electron chi connectivity index (χ0n) is 14.4. The van der Waals surface area contributed by atoms with Crippen LogP contribution in [-0.4, -0.2) is 81.7 Å². The number of rotatable bonds is 8. The third-order valence-electron chi connectivity index (χ3n) is 3.13. The number of benzene rings is 1. The molecule has 0 aliphatic rings. The number of phenols is 1. The summed E-state index contributed by atoms with van der Waals surface area (Å²) < 4.78 is 0. The fraction of sp³-hybridized carbons (Fsp3) is 0.529. The summed E-state index contributed by atoms with van der Waals surface area (Å²) in [7, 11) is 8.06. The van der Waals surface area contributed by atoms with E-state index >= 15 is 0 Å². The van der Waals surface area contributed by atoms with Crippen molar-refractivity contribution in [2.45, 2.75) is 6.92 Å². The van der Waals surface area contributed by atoms with Gasteiger partial charge in [-0.3, -0.25) is 9.98 Å². The van der Waals surface area contributed by atoms with Gasteiger partial charge in [-0.25, -0.2) is 0 Å². The Balaban J connectivity index is 2.79. The maximum Gasteiger partial charge on any atom is 0.133 e. The fourth-order valence-corrected chi connectivity index (χ4v) is 1.87. The van der Waals surface area contributed by atoms with E-state index in [1.54, 1.807) is 12.4 Å². The monoisotopic (exact) mass is 304 g/mol. The van der Waals surface area contributed by atoms with Crippen LogP contribution in [0.15, 0.2) is 22.1 Å². The average Bonchev–Trinajstić information content (AvgIpc) is 2.43. The molecule has 1 N–H and O–H groups in total. The lowest BCUT2D eigenvalue weighted by atomic mass is 10.1. The van der Waals surface area contributed by atoms with E-state index in [9.17, 15) is 5.11 Å². The average molecular weight is 304 g/mol. The molecule has 5 heteroatoms. The van der Waals surface area contributed by atoms with Crippen LogP contribution in [0.5, 0.6) is 5.75 Å². The van der Waals surface area contributed by atoms with Crippen LogP contribution in [0.2, 0.25) is 0 Å². The number of phenolic OH excluding ortho intramolecular Hbond substituents is 1. The molecule has 0 spiro atoms. The van der Waals surface area contributed by atoms with Gasteiger partial charge in [0.15, 0.2) is 0 Å². The van der Waals surface area contributed by atoms with Gasteiger partial charge in [0.2, 0.25) is 0 Å². The predicted octanol–water partition coefficient (Wildman–Crippen LogP) is 1.66. The summed E-state index contributed by atoms with van der Waals surface area (Å²) in [6.45, 7) is 5.22. The van der Waals surface area contributed by atoms with Gasteiger partial charge >= 0.3 is 0 Å². The van der Waals surface area contributed by atoms with Crippen molar-refractivity contribution in [2.24, 2.45) is 9.98 Å². The van der Waals surface area contributed by atoms with Crippen LogP contribution < -0.4 is 0 Å². The second-order valence-electron chi connectivity index (χ2n) is 5.97. The molecule has 0 fully saturated rings. The standard InChI is InChI=1S/C17H28N4O/c1-14-10-15(12-18-6-8-20(2)3)17(22)16(11-14)13-19-7-9-21(4)5/h10-13,22H,6-9H2,1-5H3. The topological polar surface area (TPSA) is 51.4 Å². The molecule has 0 aromatic heterocycles. The van der Waals surface area contributed by atoms with Crippen LogP contribution in [0, 0.1) is 6.92 Å². The van der Waals surface area contributed by atoms with Gasteiger partial charge in [-0.1, -0.05) is 0 Å². The van der Waals surface area contributed by atoms with Gasteiger partial charge in [0.1, 0.15) is 5.75 Å².